The first kappa shape index (κ1) is 13.1. The molecule has 1 fully saturated rings. The summed E-state index contributed by atoms with van der Waals surface area (Å²) >= 11 is 0. The van der Waals surface area contributed by atoms with E-state index in [4.69, 9.17) is 18.0 Å². The summed E-state index contributed by atoms with van der Waals surface area (Å²) in [4.78, 5) is 0. The Balaban J connectivity index is 2.53. The summed E-state index contributed by atoms with van der Waals surface area (Å²) in [5, 5.41) is 0. The molecule has 1 saturated heterocycles. The van der Waals surface area contributed by atoms with Crippen LogP contribution in [0, 0.1) is 0 Å². The molecule has 1 atom stereocenters. The summed E-state index contributed by atoms with van der Waals surface area (Å²) in [7, 11) is -2.41. The Morgan fingerprint density at radius 2 is 1.80 bits per heavy atom. The minimum absolute atomic E-state index is 0.131. The van der Waals surface area contributed by atoms with E-state index in [-0.39, 0.29) is 6.29 Å². The predicted octanol–water partition coefficient (Wildman–Crippen LogP) is 2.17. The zero-order valence-corrected chi connectivity index (χ0v) is 11.0. The maximum Gasteiger partial charge on any atom is 0.502 e. The van der Waals surface area contributed by atoms with Crippen molar-refractivity contribution >= 4 is 8.80 Å². The molecule has 1 aliphatic heterocycles. The Kier molecular flexibility index (Phi) is 5.77. The van der Waals surface area contributed by atoms with E-state index in [1.54, 1.807) is 0 Å². The molecule has 0 bridgehead atoms. The van der Waals surface area contributed by atoms with Gasteiger partial charge in [-0.1, -0.05) is 0 Å². The lowest BCUT2D eigenvalue weighted by Crippen LogP contribution is -2.51. The molecule has 0 N–H and O–H groups in total. The molecule has 90 valence electrons. The molecule has 0 aromatic heterocycles. The van der Waals surface area contributed by atoms with Gasteiger partial charge in [0.25, 0.3) is 0 Å². The fraction of sp³-hybridized carbons (Fsp3) is 1.00. The lowest BCUT2D eigenvalue weighted by Gasteiger charge is -2.36. The summed E-state index contributed by atoms with van der Waals surface area (Å²) in [5.41, 5.74) is 0. The number of ether oxygens (including phenoxy) is 1. The van der Waals surface area contributed by atoms with E-state index in [1.165, 1.54) is 0 Å². The molecule has 1 aliphatic rings. The SMILES string of the molecule is CCOC1CCC[Si](OCC)(OCC)O1. The van der Waals surface area contributed by atoms with Gasteiger partial charge in [-0.25, -0.2) is 0 Å². The predicted molar refractivity (Wildman–Crippen MR) is 59.5 cm³/mol. The van der Waals surface area contributed by atoms with Crippen molar-refractivity contribution in [1.29, 1.82) is 0 Å². The van der Waals surface area contributed by atoms with E-state index < -0.39 is 8.80 Å². The maximum absolute atomic E-state index is 5.87. The second-order valence-corrected chi connectivity index (χ2v) is 6.12. The average Bonchev–Trinajstić information content (AvgIpc) is 2.19. The standard InChI is InChI=1S/C10H22O4Si/c1-4-11-10-8-7-9-15(14-10,12-5-2)13-6-3/h10H,4-9H2,1-3H3. The normalized spacial score (nSPS) is 25.4. The highest BCUT2D eigenvalue weighted by atomic mass is 28.4. The Labute approximate surface area is 93.2 Å². The third-order valence-electron chi connectivity index (χ3n) is 2.31. The van der Waals surface area contributed by atoms with E-state index >= 15 is 0 Å². The minimum atomic E-state index is -2.41. The highest BCUT2D eigenvalue weighted by Crippen LogP contribution is 2.28. The van der Waals surface area contributed by atoms with E-state index in [2.05, 4.69) is 0 Å². The Bertz CT molecular complexity index is 163. The van der Waals surface area contributed by atoms with Crippen molar-refractivity contribution in [3.63, 3.8) is 0 Å². The summed E-state index contributed by atoms with van der Waals surface area (Å²) in [6.07, 6.45) is 1.88. The van der Waals surface area contributed by atoms with Crippen LogP contribution in [0.4, 0.5) is 0 Å². The first-order chi connectivity index (χ1) is 7.26. The van der Waals surface area contributed by atoms with E-state index in [0.717, 1.165) is 18.9 Å². The van der Waals surface area contributed by atoms with Gasteiger partial charge in [0.1, 0.15) is 0 Å². The smallest absolute Gasteiger partial charge is 0.374 e. The highest BCUT2D eigenvalue weighted by molar-refractivity contribution is 6.60. The van der Waals surface area contributed by atoms with Gasteiger partial charge in [-0.15, -0.1) is 0 Å². The number of hydrogen-bond donors (Lipinski definition) is 0. The second-order valence-electron chi connectivity index (χ2n) is 3.44. The molecule has 0 aromatic rings. The van der Waals surface area contributed by atoms with Crippen LogP contribution < -0.4 is 0 Å². The monoisotopic (exact) mass is 234 g/mol. The molecule has 1 heterocycles. The van der Waals surface area contributed by atoms with Crippen LogP contribution in [0.1, 0.15) is 33.6 Å². The molecule has 0 spiro atoms. The first-order valence-corrected chi connectivity index (χ1v) is 7.76. The topological polar surface area (TPSA) is 36.9 Å². The first-order valence-electron chi connectivity index (χ1n) is 5.83. The largest absolute Gasteiger partial charge is 0.502 e. The van der Waals surface area contributed by atoms with Crippen molar-refractivity contribution in [3.8, 4) is 0 Å². The molecule has 5 heteroatoms. The Hall–Kier alpha value is 0.0569. The summed E-state index contributed by atoms with van der Waals surface area (Å²) in [6.45, 7) is 7.88. The third kappa shape index (κ3) is 3.84. The van der Waals surface area contributed by atoms with Crippen LogP contribution in [0.15, 0.2) is 0 Å². The molecule has 1 rings (SSSR count). The van der Waals surface area contributed by atoms with Crippen LogP contribution in [0.3, 0.4) is 0 Å². The molecule has 0 aromatic carbocycles. The van der Waals surface area contributed by atoms with Gasteiger partial charge in [-0.3, -0.25) is 0 Å². The van der Waals surface area contributed by atoms with E-state index in [0.29, 0.717) is 19.8 Å². The van der Waals surface area contributed by atoms with Crippen LogP contribution >= 0.6 is 0 Å². The van der Waals surface area contributed by atoms with Gasteiger partial charge in [0, 0.05) is 25.9 Å². The molecule has 0 aliphatic carbocycles. The van der Waals surface area contributed by atoms with Gasteiger partial charge >= 0.3 is 8.80 Å². The number of hydrogen-bond acceptors (Lipinski definition) is 4. The van der Waals surface area contributed by atoms with Crippen molar-refractivity contribution < 1.29 is 18.0 Å². The molecule has 0 saturated carbocycles. The number of rotatable bonds is 6. The fourth-order valence-electron chi connectivity index (χ4n) is 1.80. The molecular formula is C10H22O4Si. The Morgan fingerprint density at radius 1 is 1.13 bits per heavy atom. The second kappa shape index (κ2) is 6.60. The van der Waals surface area contributed by atoms with Crippen LogP contribution in [-0.2, 0) is 18.0 Å². The molecule has 1 unspecified atom stereocenters. The van der Waals surface area contributed by atoms with Gasteiger partial charge < -0.3 is 18.0 Å². The summed E-state index contributed by atoms with van der Waals surface area (Å²) in [5.74, 6) is 0. The third-order valence-corrected chi connectivity index (χ3v) is 5.36. The van der Waals surface area contributed by atoms with Gasteiger partial charge in [-0.05, 0) is 33.6 Å². The quantitative estimate of drug-likeness (QED) is 0.660. The minimum Gasteiger partial charge on any atom is -0.374 e. The zero-order chi connectivity index (χ0) is 11.1. The van der Waals surface area contributed by atoms with Gasteiger partial charge in [0.2, 0.25) is 0 Å². The highest BCUT2D eigenvalue weighted by Gasteiger charge is 2.45. The van der Waals surface area contributed by atoms with E-state index in [1.807, 2.05) is 20.8 Å². The van der Waals surface area contributed by atoms with Crippen molar-refractivity contribution in [2.75, 3.05) is 19.8 Å². The van der Waals surface area contributed by atoms with Crippen LogP contribution in [0.2, 0.25) is 6.04 Å². The van der Waals surface area contributed by atoms with E-state index in [9.17, 15) is 0 Å². The molecule has 0 amide bonds. The van der Waals surface area contributed by atoms with Gasteiger partial charge in [0.05, 0.1) is 0 Å². The van der Waals surface area contributed by atoms with Crippen molar-refractivity contribution in [2.24, 2.45) is 0 Å². The van der Waals surface area contributed by atoms with Crippen molar-refractivity contribution in [3.05, 3.63) is 0 Å². The molecule has 4 nitrogen and oxygen atoms in total. The van der Waals surface area contributed by atoms with Gasteiger partial charge in [-0.2, -0.15) is 0 Å². The maximum atomic E-state index is 5.87. The molecular weight excluding hydrogens is 212 g/mol. The zero-order valence-electron chi connectivity index (χ0n) is 9.95. The van der Waals surface area contributed by atoms with Gasteiger partial charge in [0.15, 0.2) is 6.29 Å². The van der Waals surface area contributed by atoms with Crippen LogP contribution in [0.25, 0.3) is 0 Å². The molecule has 15 heavy (non-hydrogen) atoms. The Morgan fingerprint density at radius 3 is 2.33 bits per heavy atom. The lowest BCUT2D eigenvalue weighted by atomic mass is 10.3. The van der Waals surface area contributed by atoms with Crippen molar-refractivity contribution in [2.45, 2.75) is 45.9 Å². The van der Waals surface area contributed by atoms with Crippen molar-refractivity contribution in [1.82, 2.24) is 0 Å². The lowest BCUT2D eigenvalue weighted by molar-refractivity contribution is -0.130. The fourth-order valence-corrected chi connectivity index (χ4v) is 4.53. The molecule has 0 radical (unpaired) electrons. The summed E-state index contributed by atoms with van der Waals surface area (Å²) in [6, 6.07) is 0.915. The summed E-state index contributed by atoms with van der Waals surface area (Å²) < 4.78 is 22.8. The van der Waals surface area contributed by atoms with Crippen LogP contribution in [-0.4, -0.2) is 34.9 Å². The average molecular weight is 234 g/mol. The van der Waals surface area contributed by atoms with Crippen LogP contribution in [0.5, 0.6) is 0 Å².